The summed E-state index contributed by atoms with van der Waals surface area (Å²) in [5.41, 5.74) is 6.19. The third kappa shape index (κ3) is 2.48. The zero-order valence-corrected chi connectivity index (χ0v) is 11.5. The smallest absolute Gasteiger partial charge is 0.380 e. The van der Waals surface area contributed by atoms with E-state index in [1.807, 2.05) is 5.38 Å². The molecule has 0 spiro atoms. The van der Waals surface area contributed by atoms with Gasteiger partial charge in [-0.1, -0.05) is 10.4 Å². The van der Waals surface area contributed by atoms with Crippen molar-refractivity contribution in [1.29, 1.82) is 0 Å². The number of nitrogens with two attached hydrogens (primary N) is 1. The van der Waals surface area contributed by atoms with Crippen LogP contribution in [0.25, 0.3) is 0 Å². The van der Waals surface area contributed by atoms with E-state index >= 15 is 0 Å². The van der Waals surface area contributed by atoms with E-state index in [0.717, 1.165) is 0 Å². The summed E-state index contributed by atoms with van der Waals surface area (Å²) >= 11 is 1.44. The highest BCUT2D eigenvalue weighted by Gasteiger charge is 2.29. The summed E-state index contributed by atoms with van der Waals surface area (Å²) in [6.07, 6.45) is 0. The van der Waals surface area contributed by atoms with Crippen molar-refractivity contribution in [2.24, 2.45) is 10.9 Å². The lowest BCUT2D eigenvalue weighted by Gasteiger charge is -2.13. The topological polar surface area (TPSA) is 124 Å². The van der Waals surface area contributed by atoms with Crippen LogP contribution in [-0.2, 0) is 11.4 Å². The normalized spacial score (nSPS) is 14.5. The van der Waals surface area contributed by atoms with Crippen LogP contribution in [0.4, 0.5) is 0 Å². The van der Waals surface area contributed by atoms with E-state index in [2.05, 4.69) is 20.8 Å². The maximum atomic E-state index is 11.9. The van der Waals surface area contributed by atoms with Gasteiger partial charge in [-0.3, -0.25) is 4.79 Å². The first kappa shape index (κ1) is 13.2. The molecule has 1 aliphatic heterocycles. The third-order valence-electron chi connectivity index (χ3n) is 2.80. The minimum Gasteiger partial charge on any atom is -0.380 e. The number of carbonyl (C=O) groups is 2. The van der Waals surface area contributed by atoms with Crippen LogP contribution in [0.1, 0.15) is 26.5 Å². The molecule has 9 nitrogen and oxygen atoms in total. The van der Waals surface area contributed by atoms with E-state index in [0.29, 0.717) is 18.7 Å². The molecule has 0 atom stereocenters. The van der Waals surface area contributed by atoms with Crippen molar-refractivity contribution in [2.75, 3.05) is 6.54 Å². The molecule has 108 valence electrons. The Morgan fingerprint density at radius 1 is 1.57 bits per heavy atom. The van der Waals surface area contributed by atoms with Crippen molar-refractivity contribution in [3.05, 3.63) is 33.8 Å². The molecular weight excluding hydrogens is 296 g/mol. The van der Waals surface area contributed by atoms with Gasteiger partial charge in [-0.05, 0) is 11.4 Å². The molecule has 0 aliphatic carbocycles. The van der Waals surface area contributed by atoms with Crippen molar-refractivity contribution in [1.82, 2.24) is 20.3 Å². The van der Waals surface area contributed by atoms with E-state index in [1.54, 1.807) is 11.4 Å². The largest absolute Gasteiger partial charge is 0.388 e. The molecule has 3 N–H and O–H groups in total. The van der Waals surface area contributed by atoms with Crippen LogP contribution in [0.2, 0.25) is 0 Å². The zero-order valence-electron chi connectivity index (χ0n) is 10.6. The second-order valence-electron chi connectivity index (χ2n) is 4.13. The number of amidine groups is 1. The quantitative estimate of drug-likeness (QED) is 0.343. The first-order valence-corrected chi connectivity index (χ1v) is 6.90. The fourth-order valence-electron chi connectivity index (χ4n) is 1.79. The minimum atomic E-state index is -0.883. The summed E-state index contributed by atoms with van der Waals surface area (Å²) in [5, 5.41) is 17.1. The average molecular weight is 306 g/mol. The Labute approximate surface area is 122 Å². The third-order valence-corrected chi connectivity index (χ3v) is 3.48. The van der Waals surface area contributed by atoms with Crippen LogP contribution in [0.15, 0.2) is 22.0 Å². The molecule has 0 radical (unpaired) electrons. The van der Waals surface area contributed by atoms with Gasteiger partial charge in [0, 0.05) is 17.5 Å². The summed E-state index contributed by atoms with van der Waals surface area (Å²) in [7, 11) is 0. The molecule has 2 aromatic heterocycles. The molecule has 3 heterocycles. The number of carbonyl (C=O) groups excluding carboxylic acids is 2. The highest BCUT2D eigenvalue weighted by molar-refractivity contribution is 7.08. The molecule has 2 aromatic rings. The van der Waals surface area contributed by atoms with Crippen molar-refractivity contribution in [2.45, 2.75) is 6.54 Å². The molecule has 21 heavy (non-hydrogen) atoms. The van der Waals surface area contributed by atoms with Gasteiger partial charge in [0.1, 0.15) is 0 Å². The standard InChI is InChI=1S/C11H10N6O3S/c12-9(6-1-4-21-5-6)15-20-11(19)7-8-10(18)13-2-3-17(8)16-14-7/h1,4-5H,2-3H2,(H2,12,15)(H,13,18). The maximum Gasteiger partial charge on any atom is 0.388 e. The van der Waals surface area contributed by atoms with Gasteiger partial charge in [-0.25, -0.2) is 9.48 Å². The number of fused-ring (bicyclic) bond motifs is 1. The van der Waals surface area contributed by atoms with Crippen molar-refractivity contribution in [3.8, 4) is 0 Å². The second-order valence-corrected chi connectivity index (χ2v) is 4.91. The van der Waals surface area contributed by atoms with Gasteiger partial charge in [-0.15, -0.1) is 5.10 Å². The maximum absolute atomic E-state index is 11.9. The molecule has 3 rings (SSSR count). The first-order chi connectivity index (χ1) is 10.2. The number of nitrogens with one attached hydrogen (secondary N) is 1. The summed E-state index contributed by atoms with van der Waals surface area (Å²) in [4.78, 5) is 28.4. The second kappa shape index (κ2) is 5.32. The van der Waals surface area contributed by atoms with Crippen LogP contribution in [-0.4, -0.2) is 39.3 Å². The number of aromatic nitrogens is 3. The monoisotopic (exact) mass is 306 g/mol. The lowest BCUT2D eigenvalue weighted by molar-refractivity contribution is 0.0504. The van der Waals surface area contributed by atoms with E-state index in [1.165, 1.54) is 16.0 Å². The van der Waals surface area contributed by atoms with Gasteiger partial charge in [0.15, 0.2) is 11.5 Å². The fraction of sp³-hybridized carbons (Fsp3) is 0.182. The minimum absolute atomic E-state index is 0.0649. The van der Waals surface area contributed by atoms with Gasteiger partial charge in [-0.2, -0.15) is 11.3 Å². The van der Waals surface area contributed by atoms with Crippen LogP contribution >= 0.6 is 11.3 Å². The molecule has 1 amide bonds. The Hall–Kier alpha value is -2.75. The molecule has 0 fully saturated rings. The lowest BCUT2D eigenvalue weighted by atomic mass is 10.2. The van der Waals surface area contributed by atoms with Gasteiger partial charge in [0.05, 0.1) is 6.54 Å². The Bertz CT molecular complexity index is 720. The number of amides is 1. The van der Waals surface area contributed by atoms with Crippen LogP contribution in [0.5, 0.6) is 0 Å². The molecule has 0 saturated heterocycles. The predicted molar refractivity (Wildman–Crippen MR) is 72.8 cm³/mol. The fourth-order valence-corrected chi connectivity index (χ4v) is 2.44. The molecule has 1 aliphatic rings. The molecule has 10 heteroatoms. The first-order valence-electron chi connectivity index (χ1n) is 5.96. The van der Waals surface area contributed by atoms with Crippen molar-refractivity contribution >= 4 is 29.0 Å². The lowest BCUT2D eigenvalue weighted by Crippen LogP contribution is -2.36. The molecule has 0 saturated carbocycles. The summed E-state index contributed by atoms with van der Waals surface area (Å²) in [6, 6.07) is 1.74. The highest BCUT2D eigenvalue weighted by Crippen LogP contribution is 2.11. The van der Waals surface area contributed by atoms with E-state index < -0.39 is 11.9 Å². The van der Waals surface area contributed by atoms with Gasteiger partial charge in [0.25, 0.3) is 5.91 Å². The molecule has 0 aromatic carbocycles. The number of oxime groups is 1. The van der Waals surface area contributed by atoms with Crippen molar-refractivity contribution < 1.29 is 14.4 Å². The SMILES string of the molecule is NC(=NOC(=O)c1nnn2c1C(=O)NCC2)c1ccsc1. The summed E-state index contributed by atoms with van der Waals surface area (Å²) in [6.45, 7) is 0.884. The average Bonchev–Trinajstić information content (AvgIpc) is 3.14. The number of hydrogen-bond acceptors (Lipinski definition) is 7. The molecular formula is C11H10N6O3S. The Morgan fingerprint density at radius 2 is 2.43 bits per heavy atom. The summed E-state index contributed by atoms with van der Waals surface area (Å²) < 4.78 is 1.35. The predicted octanol–water partition coefficient (Wildman–Crippen LogP) is -0.440. The Morgan fingerprint density at radius 3 is 3.19 bits per heavy atom. The summed E-state index contributed by atoms with van der Waals surface area (Å²) in [5.74, 6) is -1.24. The van der Waals surface area contributed by atoms with E-state index in [4.69, 9.17) is 10.6 Å². The van der Waals surface area contributed by atoms with Crippen LogP contribution in [0, 0.1) is 0 Å². The van der Waals surface area contributed by atoms with E-state index in [9.17, 15) is 9.59 Å². The number of thiophene rings is 1. The molecule has 0 bridgehead atoms. The van der Waals surface area contributed by atoms with Crippen molar-refractivity contribution in [3.63, 3.8) is 0 Å². The van der Waals surface area contributed by atoms with Crippen LogP contribution in [0.3, 0.4) is 0 Å². The van der Waals surface area contributed by atoms with Crippen LogP contribution < -0.4 is 11.1 Å². The van der Waals surface area contributed by atoms with Gasteiger partial charge < -0.3 is 15.9 Å². The Balaban J connectivity index is 1.79. The van der Waals surface area contributed by atoms with Gasteiger partial charge in [0.2, 0.25) is 5.69 Å². The highest BCUT2D eigenvalue weighted by atomic mass is 32.1. The molecule has 0 unspecified atom stereocenters. The number of nitrogens with zero attached hydrogens (tertiary/aromatic N) is 4. The number of hydrogen-bond donors (Lipinski definition) is 2. The zero-order chi connectivity index (χ0) is 14.8. The Kier molecular flexibility index (Phi) is 3.36. The van der Waals surface area contributed by atoms with Gasteiger partial charge >= 0.3 is 5.97 Å². The van der Waals surface area contributed by atoms with E-state index in [-0.39, 0.29) is 17.2 Å². The number of rotatable bonds is 3.